The van der Waals surface area contributed by atoms with Gasteiger partial charge in [0.2, 0.25) is 5.91 Å². The molecule has 1 aromatic rings. The van der Waals surface area contributed by atoms with E-state index in [1.54, 1.807) is 4.90 Å². The quantitative estimate of drug-likeness (QED) is 0.815. The zero-order valence-electron chi connectivity index (χ0n) is 10.6. The highest BCUT2D eigenvalue weighted by atomic mass is 16.6. The molecule has 0 radical (unpaired) electrons. The zero-order chi connectivity index (χ0) is 13.3. The van der Waals surface area contributed by atoms with E-state index in [2.05, 4.69) is 5.32 Å². The molecule has 1 aromatic carbocycles. The summed E-state index contributed by atoms with van der Waals surface area (Å²) in [5, 5.41) is 2.71. The van der Waals surface area contributed by atoms with Crippen LogP contribution in [0.3, 0.4) is 0 Å². The van der Waals surface area contributed by atoms with Gasteiger partial charge in [-0.3, -0.25) is 9.69 Å². The molecule has 2 aliphatic heterocycles. The Hall–Kier alpha value is -2.04. The molecule has 2 heterocycles. The molecule has 5 nitrogen and oxygen atoms in total. The molecule has 2 fully saturated rings. The van der Waals surface area contributed by atoms with Gasteiger partial charge in [-0.25, -0.2) is 4.79 Å². The third-order valence-electron chi connectivity index (χ3n) is 3.88. The van der Waals surface area contributed by atoms with Crippen LogP contribution in [-0.4, -0.2) is 35.5 Å². The Bertz CT molecular complexity index is 503. The number of amides is 2. The van der Waals surface area contributed by atoms with Crippen LogP contribution in [0.25, 0.3) is 0 Å². The number of carbonyl (C=O) groups excluding carboxylic acids is 2. The molecule has 5 heteroatoms. The summed E-state index contributed by atoms with van der Waals surface area (Å²) >= 11 is 0. The summed E-state index contributed by atoms with van der Waals surface area (Å²) in [6.07, 6.45) is 1.20. The predicted molar refractivity (Wildman–Crippen MR) is 68.3 cm³/mol. The smallest absolute Gasteiger partial charge is 0.411 e. The second kappa shape index (κ2) is 4.57. The zero-order valence-corrected chi connectivity index (χ0v) is 10.6. The van der Waals surface area contributed by atoms with Crippen LogP contribution in [0.5, 0.6) is 0 Å². The van der Waals surface area contributed by atoms with E-state index in [1.165, 1.54) is 0 Å². The van der Waals surface area contributed by atoms with Crippen LogP contribution in [0.1, 0.15) is 18.4 Å². The van der Waals surface area contributed by atoms with E-state index in [9.17, 15) is 9.59 Å². The Morgan fingerprint density at radius 2 is 2.16 bits per heavy atom. The van der Waals surface area contributed by atoms with Crippen molar-refractivity contribution in [3.05, 3.63) is 35.9 Å². The largest absolute Gasteiger partial charge is 0.445 e. The van der Waals surface area contributed by atoms with Gasteiger partial charge in [-0.05, 0) is 18.4 Å². The molecule has 1 spiro atoms. The maximum atomic E-state index is 12.1. The van der Waals surface area contributed by atoms with Crippen molar-refractivity contribution in [2.75, 3.05) is 13.1 Å². The lowest BCUT2D eigenvalue weighted by atomic mass is 9.88. The van der Waals surface area contributed by atoms with Gasteiger partial charge >= 0.3 is 6.09 Å². The summed E-state index contributed by atoms with van der Waals surface area (Å²) in [7, 11) is 0. The Kier molecular flexibility index (Phi) is 2.89. The highest BCUT2D eigenvalue weighted by molar-refractivity contribution is 5.96. The molecule has 0 bridgehead atoms. The van der Waals surface area contributed by atoms with Crippen LogP contribution in [0.4, 0.5) is 4.79 Å². The van der Waals surface area contributed by atoms with E-state index < -0.39 is 11.6 Å². The van der Waals surface area contributed by atoms with Gasteiger partial charge in [0.15, 0.2) is 0 Å². The molecule has 0 aromatic heterocycles. The fourth-order valence-electron chi connectivity index (χ4n) is 2.73. The van der Waals surface area contributed by atoms with Crippen LogP contribution in [0.15, 0.2) is 30.3 Å². The van der Waals surface area contributed by atoms with E-state index in [1.807, 2.05) is 30.3 Å². The van der Waals surface area contributed by atoms with E-state index in [4.69, 9.17) is 4.74 Å². The molecule has 100 valence electrons. The number of nitrogens with zero attached hydrogens (tertiary/aromatic N) is 1. The minimum atomic E-state index is -0.631. The number of hydrogen-bond acceptors (Lipinski definition) is 3. The Morgan fingerprint density at radius 3 is 2.79 bits per heavy atom. The van der Waals surface area contributed by atoms with E-state index in [0.29, 0.717) is 13.1 Å². The first-order chi connectivity index (χ1) is 9.22. The standard InChI is InChI=1S/C14H16N2O3/c17-12-14(10-15-12)7-4-8-16(14)13(18)19-9-11-5-2-1-3-6-11/h1-3,5-6H,4,7-10H2,(H,15,17). The van der Waals surface area contributed by atoms with Gasteiger partial charge < -0.3 is 10.1 Å². The highest BCUT2D eigenvalue weighted by Gasteiger charge is 2.56. The normalized spacial score (nSPS) is 25.1. The maximum absolute atomic E-state index is 12.1. The van der Waals surface area contributed by atoms with Crippen molar-refractivity contribution in [1.82, 2.24) is 10.2 Å². The number of nitrogens with one attached hydrogen (secondary N) is 1. The van der Waals surface area contributed by atoms with Crippen LogP contribution in [-0.2, 0) is 16.1 Å². The molecule has 2 amide bonds. The second-order valence-electron chi connectivity index (χ2n) is 5.01. The summed E-state index contributed by atoms with van der Waals surface area (Å²) in [5.74, 6) is -0.0540. The van der Waals surface area contributed by atoms with Gasteiger partial charge in [0.05, 0.1) is 6.54 Å². The van der Waals surface area contributed by atoms with Crippen molar-refractivity contribution in [3.8, 4) is 0 Å². The fraction of sp³-hybridized carbons (Fsp3) is 0.429. The van der Waals surface area contributed by atoms with Gasteiger partial charge in [-0.1, -0.05) is 30.3 Å². The van der Waals surface area contributed by atoms with Gasteiger partial charge in [0.25, 0.3) is 0 Å². The van der Waals surface area contributed by atoms with E-state index >= 15 is 0 Å². The van der Waals surface area contributed by atoms with Crippen LogP contribution < -0.4 is 5.32 Å². The number of benzene rings is 1. The average molecular weight is 260 g/mol. The fourth-order valence-corrected chi connectivity index (χ4v) is 2.73. The van der Waals surface area contributed by atoms with Gasteiger partial charge in [-0.15, -0.1) is 0 Å². The first-order valence-corrected chi connectivity index (χ1v) is 6.49. The first kappa shape index (κ1) is 12.0. The molecule has 19 heavy (non-hydrogen) atoms. The monoisotopic (exact) mass is 260 g/mol. The third kappa shape index (κ3) is 1.95. The van der Waals surface area contributed by atoms with E-state index in [-0.39, 0.29) is 12.5 Å². The van der Waals surface area contributed by atoms with Crippen LogP contribution >= 0.6 is 0 Å². The summed E-state index contributed by atoms with van der Waals surface area (Å²) < 4.78 is 5.30. The first-order valence-electron chi connectivity index (χ1n) is 6.49. The van der Waals surface area contributed by atoms with Crippen molar-refractivity contribution in [3.63, 3.8) is 0 Å². The number of carbonyl (C=O) groups is 2. The highest BCUT2D eigenvalue weighted by Crippen LogP contribution is 2.34. The van der Waals surface area contributed by atoms with Crippen molar-refractivity contribution in [1.29, 1.82) is 0 Å². The van der Waals surface area contributed by atoms with E-state index in [0.717, 1.165) is 18.4 Å². The molecular formula is C14H16N2O3. The lowest BCUT2D eigenvalue weighted by Crippen LogP contribution is -2.71. The molecule has 1 unspecified atom stereocenters. The lowest BCUT2D eigenvalue weighted by molar-refractivity contribution is -0.140. The summed E-state index contributed by atoms with van der Waals surface area (Å²) in [6.45, 7) is 1.39. The third-order valence-corrected chi connectivity index (χ3v) is 3.88. The molecule has 2 saturated heterocycles. The number of β-lactam (4-membered cyclic amide) rings is 1. The number of likely N-dealkylation sites (tertiary alicyclic amines) is 1. The Morgan fingerprint density at radius 1 is 1.37 bits per heavy atom. The number of ether oxygens (including phenoxy) is 1. The molecule has 1 N–H and O–H groups in total. The van der Waals surface area contributed by atoms with Crippen LogP contribution in [0.2, 0.25) is 0 Å². The molecule has 0 aliphatic carbocycles. The van der Waals surface area contributed by atoms with Crippen molar-refractivity contribution in [2.45, 2.75) is 25.0 Å². The lowest BCUT2D eigenvalue weighted by Gasteiger charge is -2.43. The molecule has 2 aliphatic rings. The average Bonchev–Trinajstić information content (AvgIpc) is 2.91. The summed E-state index contributed by atoms with van der Waals surface area (Å²) in [4.78, 5) is 25.4. The summed E-state index contributed by atoms with van der Waals surface area (Å²) in [6, 6.07) is 9.53. The topological polar surface area (TPSA) is 58.6 Å². The number of hydrogen-bond donors (Lipinski definition) is 1. The molecule has 3 rings (SSSR count). The maximum Gasteiger partial charge on any atom is 0.411 e. The molecule has 1 atom stereocenters. The van der Waals surface area contributed by atoms with Crippen LogP contribution in [0, 0.1) is 0 Å². The minimum Gasteiger partial charge on any atom is -0.445 e. The SMILES string of the molecule is O=C(OCc1ccccc1)N1CCCC12CNC2=O. The summed E-state index contributed by atoms with van der Waals surface area (Å²) in [5.41, 5.74) is 0.315. The Balaban J connectivity index is 1.63. The second-order valence-corrected chi connectivity index (χ2v) is 5.01. The predicted octanol–water partition coefficient (Wildman–Crippen LogP) is 1.29. The number of rotatable bonds is 2. The van der Waals surface area contributed by atoms with Crippen molar-refractivity contribution >= 4 is 12.0 Å². The van der Waals surface area contributed by atoms with Crippen molar-refractivity contribution < 1.29 is 14.3 Å². The molecular weight excluding hydrogens is 244 g/mol. The Labute approximate surface area is 111 Å². The van der Waals surface area contributed by atoms with Crippen molar-refractivity contribution in [2.24, 2.45) is 0 Å². The minimum absolute atomic E-state index is 0.0540. The molecule has 0 saturated carbocycles. The van der Waals surface area contributed by atoms with Gasteiger partial charge in [-0.2, -0.15) is 0 Å². The van der Waals surface area contributed by atoms with Gasteiger partial charge in [0, 0.05) is 6.54 Å². The van der Waals surface area contributed by atoms with Gasteiger partial charge in [0.1, 0.15) is 12.1 Å².